The number of aryl methyl sites for hydroxylation is 1. The minimum Gasteiger partial charge on any atom is -0.335 e. The quantitative estimate of drug-likeness (QED) is 0.899. The predicted molar refractivity (Wildman–Crippen MR) is 95.1 cm³/mol. The molecule has 7 heteroatoms. The lowest BCUT2D eigenvalue weighted by molar-refractivity contribution is -0.134. The first-order valence-corrected chi connectivity index (χ1v) is 9.01. The number of amides is 1. The zero-order valence-electron chi connectivity index (χ0n) is 15.2. The van der Waals surface area contributed by atoms with Gasteiger partial charge in [-0.25, -0.2) is 0 Å². The number of piperidine rings is 1. The van der Waals surface area contributed by atoms with Crippen LogP contribution in [0.25, 0.3) is 0 Å². The number of carbonyl (C=O) groups excluding carboxylic acids is 1. The Morgan fingerprint density at radius 2 is 2.20 bits per heavy atom. The molecule has 0 aromatic carbocycles. The molecule has 7 nitrogen and oxygen atoms in total. The summed E-state index contributed by atoms with van der Waals surface area (Å²) in [6.45, 7) is 5.51. The predicted octanol–water partition coefficient (Wildman–Crippen LogP) is 1.86. The maximum Gasteiger partial charge on any atom is 0.266 e. The molecule has 1 fully saturated rings. The normalized spacial score (nSPS) is 18.1. The van der Waals surface area contributed by atoms with E-state index in [1.165, 1.54) is 0 Å². The van der Waals surface area contributed by atoms with Gasteiger partial charge in [0, 0.05) is 43.7 Å². The van der Waals surface area contributed by atoms with Gasteiger partial charge in [0.2, 0.25) is 5.91 Å². The van der Waals surface area contributed by atoms with Crippen LogP contribution in [0.4, 0.5) is 0 Å². The van der Waals surface area contributed by atoms with E-state index in [1.807, 2.05) is 24.3 Å². The van der Waals surface area contributed by atoms with Crippen LogP contribution in [0.3, 0.4) is 0 Å². The largest absolute Gasteiger partial charge is 0.335 e. The van der Waals surface area contributed by atoms with E-state index in [0.29, 0.717) is 18.2 Å². The highest BCUT2D eigenvalue weighted by molar-refractivity contribution is 5.79. The first kappa shape index (κ1) is 17.5. The molecule has 2 aromatic rings. The lowest BCUT2D eigenvalue weighted by Crippen LogP contribution is -2.39. The smallest absolute Gasteiger partial charge is 0.266 e. The van der Waals surface area contributed by atoms with Gasteiger partial charge in [0.05, 0.1) is 18.7 Å². The van der Waals surface area contributed by atoms with E-state index >= 15 is 0 Å². The molecular weight excluding hydrogens is 318 g/mol. The summed E-state index contributed by atoms with van der Waals surface area (Å²) in [7, 11) is 1.89. The molecule has 25 heavy (non-hydrogen) atoms. The van der Waals surface area contributed by atoms with Gasteiger partial charge < -0.3 is 4.90 Å². The number of H-pyrrole nitrogens is 1. The summed E-state index contributed by atoms with van der Waals surface area (Å²) in [5.74, 6) is 0.434. The van der Waals surface area contributed by atoms with Crippen molar-refractivity contribution in [3.05, 3.63) is 40.1 Å². The van der Waals surface area contributed by atoms with Crippen LogP contribution in [0.5, 0.6) is 0 Å². The van der Waals surface area contributed by atoms with Crippen LogP contribution < -0.4 is 5.56 Å². The maximum absolute atomic E-state index is 12.9. The van der Waals surface area contributed by atoms with Gasteiger partial charge in [-0.2, -0.15) is 5.10 Å². The van der Waals surface area contributed by atoms with E-state index in [-0.39, 0.29) is 23.9 Å². The third-order valence-corrected chi connectivity index (χ3v) is 4.66. The lowest BCUT2D eigenvalue weighted by atomic mass is 9.97. The van der Waals surface area contributed by atoms with E-state index in [9.17, 15) is 9.59 Å². The number of rotatable bonds is 5. The molecule has 136 valence electrons. The van der Waals surface area contributed by atoms with Crippen LogP contribution in [0, 0.1) is 5.92 Å². The summed E-state index contributed by atoms with van der Waals surface area (Å²) in [4.78, 5) is 26.8. The molecular formula is C18H27N5O2. The number of hydrogen-bond acceptors (Lipinski definition) is 3. The molecule has 1 atom stereocenters. The Morgan fingerprint density at radius 1 is 1.40 bits per heavy atom. The third-order valence-electron chi connectivity index (χ3n) is 4.66. The van der Waals surface area contributed by atoms with E-state index in [0.717, 1.165) is 31.4 Å². The van der Waals surface area contributed by atoms with Crippen molar-refractivity contribution in [1.29, 1.82) is 0 Å². The molecule has 0 saturated carbocycles. The highest BCUT2D eigenvalue weighted by Crippen LogP contribution is 2.30. The highest BCUT2D eigenvalue weighted by Gasteiger charge is 2.29. The molecule has 1 aliphatic rings. The van der Waals surface area contributed by atoms with Crippen molar-refractivity contribution in [2.75, 3.05) is 6.54 Å². The van der Waals surface area contributed by atoms with Gasteiger partial charge in [0.1, 0.15) is 0 Å². The molecule has 1 saturated heterocycles. The fourth-order valence-corrected chi connectivity index (χ4v) is 3.53. The van der Waals surface area contributed by atoms with E-state index in [4.69, 9.17) is 0 Å². The molecule has 1 aliphatic heterocycles. The van der Waals surface area contributed by atoms with Crippen LogP contribution >= 0.6 is 0 Å². The topological polar surface area (TPSA) is 75.9 Å². The Hall–Kier alpha value is -2.31. The summed E-state index contributed by atoms with van der Waals surface area (Å²) >= 11 is 0. The number of nitrogens with zero attached hydrogens (tertiary/aromatic N) is 4. The van der Waals surface area contributed by atoms with Crippen LogP contribution in [0.1, 0.15) is 50.4 Å². The molecule has 0 aliphatic carbocycles. The van der Waals surface area contributed by atoms with Gasteiger partial charge in [0.15, 0.2) is 0 Å². The summed E-state index contributed by atoms with van der Waals surface area (Å²) in [6.07, 6.45) is 7.16. The minimum absolute atomic E-state index is 0.0616. The van der Waals surface area contributed by atoms with Crippen molar-refractivity contribution >= 4 is 5.91 Å². The molecule has 1 N–H and O–H groups in total. The Bertz CT molecular complexity index is 785. The van der Waals surface area contributed by atoms with Gasteiger partial charge in [-0.15, -0.1) is 0 Å². The Morgan fingerprint density at radius 3 is 2.88 bits per heavy atom. The highest BCUT2D eigenvalue weighted by atomic mass is 16.2. The van der Waals surface area contributed by atoms with Crippen molar-refractivity contribution in [3.63, 3.8) is 0 Å². The summed E-state index contributed by atoms with van der Waals surface area (Å²) in [5, 5.41) is 7.32. The third kappa shape index (κ3) is 4.03. The zero-order valence-corrected chi connectivity index (χ0v) is 15.2. The minimum atomic E-state index is -0.0704. The second-order valence-corrected chi connectivity index (χ2v) is 7.35. The van der Waals surface area contributed by atoms with Gasteiger partial charge in [-0.1, -0.05) is 13.8 Å². The summed E-state index contributed by atoms with van der Waals surface area (Å²) < 4.78 is 3.36. The average Bonchev–Trinajstić information content (AvgIpc) is 3.13. The van der Waals surface area contributed by atoms with Crippen molar-refractivity contribution in [1.82, 2.24) is 24.5 Å². The first-order chi connectivity index (χ1) is 11.9. The molecule has 0 radical (unpaired) electrons. The zero-order chi connectivity index (χ0) is 18.0. The second-order valence-electron chi connectivity index (χ2n) is 7.35. The second kappa shape index (κ2) is 7.29. The fourth-order valence-electron chi connectivity index (χ4n) is 3.53. The Labute approximate surface area is 147 Å². The molecule has 0 spiro atoms. The maximum atomic E-state index is 12.9. The number of aromatic amines is 1. The molecule has 1 amide bonds. The van der Waals surface area contributed by atoms with Gasteiger partial charge in [-0.05, 0) is 25.2 Å². The Balaban J connectivity index is 1.74. The van der Waals surface area contributed by atoms with E-state index in [2.05, 4.69) is 24.0 Å². The average molecular weight is 345 g/mol. The van der Waals surface area contributed by atoms with Crippen LogP contribution in [-0.2, 0) is 24.8 Å². The monoisotopic (exact) mass is 345 g/mol. The number of nitrogens with one attached hydrogen (secondary N) is 1. The summed E-state index contributed by atoms with van der Waals surface area (Å²) in [6, 6.07) is 1.63. The number of hydrogen-bond donors (Lipinski definition) is 1. The van der Waals surface area contributed by atoms with Crippen molar-refractivity contribution in [2.24, 2.45) is 13.0 Å². The SMILES string of the molecule is CC(C)Cn1[nH]c(CC(=O)N2CCCCC2c2cnn(C)c2)cc1=O. The number of likely N-dealkylation sites (tertiary alicyclic amines) is 1. The van der Waals surface area contributed by atoms with Crippen molar-refractivity contribution in [3.8, 4) is 0 Å². The molecule has 0 bridgehead atoms. The number of carbonyl (C=O) groups is 1. The van der Waals surface area contributed by atoms with Crippen LogP contribution in [0.15, 0.2) is 23.3 Å². The van der Waals surface area contributed by atoms with Gasteiger partial charge in [-0.3, -0.25) is 24.1 Å². The molecule has 2 aromatic heterocycles. The molecule has 1 unspecified atom stereocenters. The van der Waals surface area contributed by atoms with Gasteiger partial charge >= 0.3 is 0 Å². The van der Waals surface area contributed by atoms with Crippen LogP contribution in [-0.4, -0.2) is 36.9 Å². The van der Waals surface area contributed by atoms with Crippen LogP contribution in [0.2, 0.25) is 0 Å². The van der Waals surface area contributed by atoms with Gasteiger partial charge in [0.25, 0.3) is 5.56 Å². The fraction of sp³-hybridized carbons (Fsp3) is 0.611. The molecule has 3 heterocycles. The lowest BCUT2D eigenvalue weighted by Gasteiger charge is -2.35. The standard InChI is InChI=1S/C18H27N5O2/c1-13(2)11-23-18(25)9-15(20-23)8-17(24)22-7-5-4-6-16(22)14-10-19-21(3)12-14/h9-10,12-13,16,20H,4-8,11H2,1-3H3. The van der Waals surface area contributed by atoms with E-state index in [1.54, 1.807) is 15.4 Å². The molecule has 3 rings (SSSR count). The Kier molecular flexibility index (Phi) is 5.11. The van der Waals surface area contributed by atoms with E-state index < -0.39 is 0 Å². The van der Waals surface area contributed by atoms with Crippen molar-refractivity contribution < 1.29 is 4.79 Å². The summed E-state index contributed by atoms with van der Waals surface area (Å²) in [5.41, 5.74) is 1.70. The van der Waals surface area contributed by atoms with Crippen molar-refractivity contribution in [2.45, 2.75) is 52.1 Å². The number of aromatic nitrogens is 4. The first-order valence-electron chi connectivity index (χ1n) is 9.01.